The van der Waals surface area contributed by atoms with Gasteiger partial charge in [-0.05, 0) is 44.9 Å². The van der Waals surface area contributed by atoms with Crippen molar-refractivity contribution >= 4 is 17.8 Å². The molecule has 0 aromatic rings. The van der Waals surface area contributed by atoms with E-state index in [0.717, 1.165) is 71.1 Å². The first-order chi connectivity index (χ1) is 49.4. The number of rotatable bonds is 64. The molecule has 0 bridgehead atoms. The van der Waals surface area contributed by atoms with Crippen molar-refractivity contribution in [2.24, 2.45) is 0 Å². The number of carbonyl (C=O) groups is 3. The van der Waals surface area contributed by atoms with Crippen LogP contribution in [0.15, 0.2) is 24.3 Å². The van der Waals surface area contributed by atoms with Gasteiger partial charge in [-0.2, -0.15) is 0 Å². The number of carbonyl (C=O) groups excluding carboxylic acids is 2. The lowest BCUT2D eigenvalue weighted by molar-refractivity contribution is -0.386. The summed E-state index contributed by atoms with van der Waals surface area (Å²) in [6.45, 7) is 2.25. The lowest BCUT2D eigenvalue weighted by Gasteiger charge is -2.50. The second-order valence-electron chi connectivity index (χ2n) is 29.6. The number of hydrogen-bond acceptors (Lipinski definition) is 20. The molecule has 18 atom stereocenters. The summed E-state index contributed by atoms with van der Waals surface area (Å²) in [4.78, 5) is 38.7. The van der Waals surface area contributed by atoms with Crippen LogP contribution in [0.3, 0.4) is 0 Å². The van der Waals surface area contributed by atoms with Crippen molar-refractivity contribution in [2.75, 3.05) is 26.4 Å². The zero-order valence-corrected chi connectivity index (χ0v) is 63.2. The van der Waals surface area contributed by atoms with E-state index in [-0.39, 0.29) is 18.9 Å². The minimum absolute atomic E-state index is 0.222. The van der Waals surface area contributed by atoms with E-state index in [1.807, 2.05) is 0 Å². The number of ether oxygens (including phenoxy) is 6. The maximum Gasteiger partial charge on any atom is 0.364 e. The van der Waals surface area contributed by atoms with Gasteiger partial charge in [0.25, 0.3) is 5.79 Å². The van der Waals surface area contributed by atoms with Gasteiger partial charge in [0.1, 0.15) is 67.1 Å². The first kappa shape index (κ1) is 93.4. The highest BCUT2D eigenvalue weighted by atomic mass is 16.8. The molecule has 3 fully saturated rings. The van der Waals surface area contributed by atoms with Gasteiger partial charge in [0.15, 0.2) is 12.6 Å². The Balaban J connectivity index is 1.51. The number of aliphatic carboxylic acids is 1. The second kappa shape index (κ2) is 58.3. The maximum atomic E-state index is 13.6. The number of carboxylic acids is 1. The molecule has 3 aliphatic heterocycles. The molecule has 3 heterocycles. The Hall–Kier alpha value is -2.79. The fourth-order valence-electron chi connectivity index (χ4n) is 14.2. The number of aliphatic hydroxyl groups is 11. The fourth-order valence-corrected chi connectivity index (χ4v) is 14.2. The van der Waals surface area contributed by atoms with Gasteiger partial charge in [0.2, 0.25) is 11.8 Å². The molecule has 0 radical (unpaired) electrons. The van der Waals surface area contributed by atoms with Crippen LogP contribution in [-0.4, -0.2) is 215 Å². The van der Waals surface area contributed by atoms with E-state index in [9.17, 15) is 75.7 Å². The Morgan fingerprint density at radius 1 is 0.510 bits per heavy atom. The van der Waals surface area contributed by atoms with Crippen molar-refractivity contribution in [1.82, 2.24) is 10.6 Å². The van der Waals surface area contributed by atoms with E-state index in [2.05, 4.69) is 48.8 Å². The molecule has 3 saturated heterocycles. The Morgan fingerprint density at radius 2 is 0.941 bits per heavy atom. The summed E-state index contributed by atoms with van der Waals surface area (Å²) >= 11 is 0. The molecule has 3 rings (SSSR count). The standard InChI is InChI=1S/C79H146N2O21/c1-4-6-8-10-12-14-16-18-20-22-24-26-27-28-29-30-31-33-35-37-39-41-43-45-47-49-51-53-66(89)81-60(61(86)52-50-48-46-44-42-40-38-36-34-32-25-23-21-19-17-15-13-11-9-7-5-2)58-97-76-71(93)70(92)73(65(57-84)99-76)100-77-72(94)75(69(91)64(56-83)98-77)102-79(78(95)96)54-62(87)67(80-59(3)85)74(101-79)68(90)63(88)55-82/h24,26,28-29,60-65,67-77,82-84,86-88,90-94H,4-23,25,27,30-58H2,1-3H3,(H,80,85)(H,81,89)(H,95,96)/b26-24-,29-28-. The molecule has 3 aliphatic rings. The number of carboxylic acid groups (broad SMARTS) is 1. The third-order valence-corrected chi connectivity index (χ3v) is 20.7. The molecule has 23 nitrogen and oxygen atoms in total. The van der Waals surface area contributed by atoms with Crippen molar-refractivity contribution in [1.29, 1.82) is 0 Å². The summed E-state index contributed by atoms with van der Waals surface area (Å²) in [5.41, 5.74) is 0. The van der Waals surface area contributed by atoms with Crippen LogP contribution in [0.5, 0.6) is 0 Å². The van der Waals surface area contributed by atoms with Gasteiger partial charge in [0, 0.05) is 19.8 Å². The summed E-state index contributed by atoms with van der Waals surface area (Å²) in [6.07, 6.45) is 34.5. The van der Waals surface area contributed by atoms with Crippen LogP contribution in [0.25, 0.3) is 0 Å². The molecule has 0 saturated carbocycles. The highest BCUT2D eigenvalue weighted by Gasteiger charge is 2.60. The smallest absolute Gasteiger partial charge is 0.364 e. The summed E-state index contributed by atoms with van der Waals surface area (Å²) in [5.74, 6) is -6.10. The van der Waals surface area contributed by atoms with Crippen molar-refractivity contribution in [3.63, 3.8) is 0 Å². The lowest BCUT2D eigenvalue weighted by atomic mass is 9.88. The predicted octanol–water partition coefficient (Wildman–Crippen LogP) is 10.7. The van der Waals surface area contributed by atoms with Gasteiger partial charge >= 0.3 is 5.97 Å². The zero-order chi connectivity index (χ0) is 74.6. The van der Waals surface area contributed by atoms with Crippen molar-refractivity contribution in [2.45, 2.75) is 432 Å². The summed E-state index contributed by atoms with van der Waals surface area (Å²) < 4.78 is 35.0. The Kier molecular flexibility index (Phi) is 53.4. The fraction of sp³-hybridized carbons (Fsp3) is 0.911. The molecule has 0 aromatic carbocycles. The number of allylic oxidation sites excluding steroid dienone is 4. The Morgan fingerprint density at radius 3 is 1.37 bits per heavy atom. The largest absolute Gasteiger partial charge is 0.477 e. The molecule has 18 unspecified atom stereocenters. The summed E-state index contributed by atoms with van der Waals surface area (Å²) in [5, 5.41) is 137. The third-order valence-electron chi connectivity index (χ3n) is 20.7. The van der Waals surface area contributed by atoms with Crippen molar-refractivity contribution in [3.8, 4) is 0 Å². The molecule has 102 heavy (non-hydrogen) atoms. The lowest BCUT2D eigenvalue weighted by Crippen LogP contribution is -2.70. The van der Waals surface area contributed by atoms with Crippen molar-refractivity contribution < 1.29 is 104 Å². The molecule has 598 valence electrons. The quantitative estimate of drug-likeness (QED) is 0.0199. The predicted molar refractivity (Wildman–Crippen MR) is 394 cm³/mol. The number of aliphatic hydroxyl groups excluding tert-OH is 11. The van der Waals surface area contributed by atoms with Crippen LogP contribution in [0, 0.1) is 0 Å². The van der Waals surface area contributed by atoms with Crippen LogP contribution < -0.4 is 10.6 Å². The minimum Gasteiger partial charge on any atom is -0.477 e. The average Bonchev–Trinajstić information content (AvgIpc) is 0.755. The van der Waals surface area contributed by atoms with Gasteiger partial charge in [0.05, 0.1) is 50.7 Å². The molecule has 0 spiro atoms. The molecule has 0 aliphatic carbocycles. The molecule has 2 amide bonds. The van der Waals surface area contributed by atoms with E-state index < -0.39 is 148 Å². The number of unbranched alkanes of at least 4 members (excludes halogenated alkanes) is 40. The van der Waals surface area contributed by atoms with E-state index in [0.29, 0.717) is 19.3 Å². The topological polar surface area (TPSA) is 373 Å². The Labute approximate surface area is 613 Å². The van der Waals surface area contributed by atoms with E-state index in [1.54, 1.807) is 0 Å². The maximum absolute atomic E-state index is 13.6. The molecular weight excluding hydrogens is 1310 g/mol. The zero-order valence-electron chi connectivity index (χ0n) is 63.2. The molecule has 0 aromatic heterocycles. The first-order valence-electron chi connectivity index (χ1n) is 40.7. The van der Waals surface area contributed by atoms with Gasteiger partial charge < -0.3 is 100 Å². The monoisotopic (exact) mass is 1460 g/mol. The number of amides is 2. The van der Waals surface area contributed by atoms with Crippen LogP contribution in [0.4, 0.5) is 0 Å². The normalized spacial score (nSPS) is 26.7. The Bertz CT molecular complexity index is 2130. The van der Waals surface area contributed by atoms with E-state index in [1.165, 1.54) is 205 Å². The van der Waals surface area contributed by atoms with Gasteiger partial charge in [-0.25, -0.2) is 4.79 Å². The van der Waals surface area contributed by atoms with Gasteiger partial charge in [-0.3, -0.25) is 9.59 Å². The number of nitrogens with one attached hydrogen (secondary N) is 2. The average molecular weight is 1460 g/mol. The molecular formula is C79H146N2O21. The van der Waals surface area contributed by atoms with E-state index in [4.69, 9.17) is 28.4 Å². The van der Waals surface area contributed by atoms with Crippen LogP contribution in [-0.2, 0) is 42.8 Å². The van der Waals surface area contributed by atoms with E-state index >= 15 is 0 Å². The van der Waals surface area contributed by atoms with Crippen molar-refractivity contribution in [3.05, 3.63) is 24.3 Å². The molecule has 14 N–H and O–H groups in total. The first-order valence-corrected chi connectivity index (χ1v) is 40.7. The van der Waals surface area contributed by atoms with Crippen LogP contribution in [0.1, 0.15) is 323 Å². The van der Waals surface area contributed by atoms with Gasteiger partial charge in [-0.1, -0.05) is 282 Å². The minimum atomic E-state index is -3.08. The molecule has 23 heteroatoms. The van der Waals surface area contributed by atoms with Gasteiger partial charge in [-0.15, -0.1) is 0 Å². The van der Waals surface area contributed by atoms with Crippen LogP contribution in [0.2, 0.25) is 0 Å². The highest BCUT2D eigenvalue weighted by Crippen LogP contribution is 2.39. The summed E-state index contributed by atoms with van der Waals surface area (Å²) in [7, 11) is 0. The summed E-state index contributed by atoms with van der Waals surface area (Å²) in [6, 6.07) is -2.53. The SMILES string of the molecule is CCCCCCCCCCC/C=C\C/C=C\CCCCCCCCCCCCCC(=O)NC(COC1OC(CO)C(OC2OC(CO)C(O)C(OC3(C(=O)O)CC(O)C(NC(C)=O)C(C(O)C(O)CO)O3)C2O)C(O)C1O)C(O)CCCCCCCCCCCCCCCCCCCCCCC. The second-order valence-corrected chi connectivity index (χ2v) is 29.6. The number of hydrogen-bond donors (Lipinski definition) is 14. The highest BCUT2D eigenvalue weighted by molar-refractivity contribution is 5.77. The van der Waals surface area contributed by atoms with Crippen LogP contribution >= 0.6 is 0 Å². The third kappa shape index (κ3) is 38.3.